The molecule has 0 spiro atoms. The van der Waals surface area contributed by atoms with E-state index in [4.69, 9.17) is 4.89 Å². The van der Waals surface area contributed by atoms with Gasteiger partial charge in [-0.3, -0.25) is 9.69 Å². The normalized spacial score (nSPS) is 21.5. The van der Waals surface area contributed by atoms with Crippen molar-refractivity contribution in [2.75, 3.05) is 0 Å². The van der Waals surface area contributed by atoms with Gasteiger partial charge in [-0.1, -0.05) is 42.5 Å². The fraction of sp³-hybridized carbons (Fsp3) is 0.154. The number of phenols is 1. The van der Waals surface area contributed by atoms with Gasteiger partial charge in [0, 0.05) is 16.2 Å². The molecule has 2 atom stereocenters. The second-order valence-corrected chi connectivity index (χ2v) is 9.55. The van der Waals surface area contributed by atoms with E-state index in [9.17, 15) is 15.2 Å². The molecule has 0 saturated carbocycles. The van der Waals surface area contributed by atoms with Crippen LogP contribution in [0, 0.1) is 3.57 Å². The van der Waals surface area contributed by atoms with E-state index in [1.54, 1.807) is 30.5 Å². The average Bonchev–Trinajstić information content (AvgIpc) is 3.14. The number of benzene rings is 3. The molecular formula is C26H22IN3O4. The molecule has 1 amide bonds. The number of carbonyl (C=O) groups is 1. The van der Waals surface area contributed by atoms with Crippen molar-refractivity contribution in [3.05, 3.63) is 105 Å². The van der Waals surface area contributed by atoms with Gasteiger partial charge in [-0.15, -0.1) is 0 Å². The van der Waals surface area contributed by atoms with Gasteiger partial charge in [0.1, 0.15) is 11.6 Å². The summed E-state index contributed by atoms with van der Waals surface area (Å²) >= 11 is 2.21. The molecule has 3 aromatic rings. The van der Waals surface area contributed by atoms with Gasteiger partial charge in [0.25, 0.3) is 11.6 Å². The lowest BCUT2D eigenvalue weighted by atomic mass is 10.0. The number of halogens is 1. The van der Waals surface area contributed by atoms with Crippen molar-refractivity contribution in [2.24, 2.45) is 4.99 Å². The maximum absolute atomic E-state index is 13.6. The first-order valence-electron chi connectivity index (χ1n) is 10.8. The number of carbonyl (C=O) groups excluding carboxylic acids is 1. The van der Waals surface area contributed by atoms with Gasteiger partial charge in [0.05, 0.1) is 11.7 Å². The molecule has 34 heavy (non-hydrogen) atoms. The number of phenolic OH excluding ortho intramolecular Hbond substituents is 1. The van der Waals surface area contributed by atoms with E-state index in [0.29, 0.717) is 18.0 Å². The van der Waals surface area contributed by atoms with Crippen LogP contribution in [0.15, 0.2) is 90.1 Å². The first-order valence-corrected chi connectivity index (χ1v) is 11.9. The standard InChI is InChI=1S/C26H22IN3O4/c27-20-10-6-18(7-11-20)15-26(34-33)25(32)30-16-23(19-8-12-21(31)13-9-19)28-22(24(30)29-26)14-17-4-2-1-3-5-17/h1-13,16,22,28,31,33H,14-15H2/t22?,26-/m0/s1. The SMILES string of the molecule is O=C1N2C=C(c3ccc(O)cc3)NC(Cc3ccccc3)C2=N[C@@]1(Cc1ccc(I)cc1)OO. The molecular weight excluding hydrogens is 545 g/mol. The Hall–Kier alpha value is -3.21. The lowest BCUT2D eigenvalue weighted by molar-refractivity contribution is -0.308. The van der Waals surface area contributed by atoms with Crippen LogP contribution in [0.5, 0.6) is 5.75 Å². The van der Waals surface area contributed by atoms with Crippen molar-refractivity contribution in [1.29, 1.82) is 0 Å². The fourth-order valence-corrected chi connectivity index (χ4v) is 4.60. The van der Waals surface area contributed by atoms with Crippen molar-refractivity contribution in [3.8, 4) is 5.75 Å². The fourth-order valence-electron chi connectivity index (χ4n) is 4.24. The Labute approximate surface area is 210 Å². The van der Waals surface area contributed by atoms with Gasteiger partial charge >= 0.3 is 0 Å². The molecule has 172 valence electrons. The van der Waals surface area contributed by atoms with Crippen molar-refractivity contribution >= 4 is 40.0 Å². The molecule has 2 aliphatic heterocycles. The van der Waals surface area contributed by atoms with Gasteiger partial charge in [0.15, 0.2) is 0 Å². The molecule has 0 fully saturated rings. The van der Waals surface area contributed by atoms with Gasteiger partial charge in [-0.05, 0) is 82.1 Å². The number of aliphatic imine (C=N–C) groups is 1. The highest BCUT2D eigenvalue weighted by Crippen LogP contribution is 2.34. The van der Waals surface area contributed by atoms with Crippen LogP contribution >= 0.6 is 22.6 Å². The van der Waals surface area contributed by atoms with Crippen LogP contribution in [0.2, 0.25) is 0 Å². The highest BCUT2D eigenvalue weighted by molar-refractivity contribution is 14.1. The highest BCUT2D eigenvalue weighted by Gasteiger charge is 2.52. The molecule has 0 radical (unpaired) electrons. The van der Waals surface area contributed by atoms with Crippen LogP contribution < -0.4 is 5.32 Å². The van der Waals surface area contributed by atoms with Crippen LogP contribution in [0.3, 0.4) is 0 Å². The third-order valence-electron chi connectivity index (χ3n) is 5.96. The maximum Gasteiger partial charge on any atom is 0.290 e. The molecule has 0 aromatic heterocycles. The largest absolute Gasteiger partial charge is 0.508 e. The van der Waals surface area contributed by atoms with E-state index in [1.165, 1.54) is 4.90 Å². The molecule has 7 nitrogen and oxygen atoms in total. The molecule has 3 aromatic carbocycles. The molecule has 1 unspecified atom stereocenters. The van der Waals surface area contributed by atoms with E-state index >= 15 is 0 Å². The number of nitrogens with zero attached hydrogens (tertiary/aromatic N) is 2. The smallest absolute Gasteiger partial charge is 0.290 e. The second-order valence-electron chi connectivity index (χ2n) is 8.30. The molecule has 8 heteroatoms. The summed E-state index contributed by atoms with van der Waals surface area (Å²) in [4.78, 5) is 24.5. The van der Waals surface area contributed by atoms with E-state index in [2.05, 4.69) is 32.9 Å². The lowest BCUT2D eigenvalue weighted by Crippen LogP contribution is -2.50. The molecule has 3 N–H and O–H groups in total. The summed E-state index contributed by atoms with van der Waals surface area (Å²) in [5, 5.41) is 23.1. The third-order valence-corrected chi connectivity index (χ3v) is 6.68. The van der Waals surface area contributed by atoms with Gasteiger partial charge in [-0.2, -0.15) is 4.89 Å². The van der Waals surface area contributed by atoms with Crippen molar-refractivity contribution < 1.29 is 20.0 Å². The van der Waals surface area contributed by atoms with Crippen LogP contribution in [0.1, 0.15) is 16.7 Å². The molecule has 0 saturated heterocycles. The van der Waals surface area contributed by atoms with Gasteiger partial charge in [-0.25, -0.2) is 10.2 Å². The Morgan fingerprint density at radius 3 is 2.38 bits per heavy atom. The minimum atomic E-state index is -1.76. The summed E-state index contributed by atoms with van der Waals surface area (Å²) in [5.74, 6) is 0.182. The zero-order valence-electron chi connectivity index (χ0n) is 18.1. The number of aromatic hydroxyl groups is 1. The Morgan fingerprint density at radius 2 is 1.71 bits per heavy atom. The van der Waals surface area contributed by atoms with Crippen molar-refractivity contribution in [2.45, 2.75) is 24.6 Å². The molecule has 2 aliphatic rings. The quantitative estimate of drug-likeness (QED) is 0.236. The minimum absolute atomic E-state index is 0.0969. The van der Waals surface area contributed by atoms with Crippen LogP contribution in [0.25, 0.3) is 5.70 Å². The molecule has 2 heterocycles. The summed E-state index contributed by atoms with van der Waals surface area (Å²) in [6, 6.07) is 24.0. The monoisotopic (exact) mass is 567 g/mol. The average molecular weight is 567 g/mol. The Kier molecular flexibility index (Phi) is 6.11. The molecule has 5 rings (SSSR count). The predicted octanol–water partition coefficient (Wildman–Crippen LogP) is 4.18. The maximum atomic E-state index is 13.6. The third kappa shape index (κ3) is 4.31. The topological polar surface area (TPSA) is 94.4 Å². The molecule has 0 bridgehead atoms. The summed E-state index contributed by atoms with van der Waals surface area (Å²) in [5.41, 5.74) is 1.64. The summed E-state index contributed by atoms with van der Waals surface area (Å²) in [7, 11) is 0. The first-order chi connectivity index (χ1) is 16.5. The van der Waals surface area contributed by atoms with E-state index in [-0.39, 0.29) is 18.2 Å². The van der Waals surface area contributed by atoms with Crippen LogP contribution in [-0.4, -0.2) is 38.8 Å². The Balaban J connectivity index is 1.55. The van der Waals surface area contributed by atoms with Crippen LogP contribution in [0.4, 0.5) is 0 Å². The number of hydrogen-bond acceptors (Lipinski definition) is 6. The van der Waals surface area contributed by atoms with Gasteiger partial charge in [0.2, 0.25) is 0 Å². The molecule has 0 aliphatic carbocycles. The number of fused-ring (bicyclic) bond motifs is 1. The van der Waals surface area contributed by atoms with E-state index in [0.717, 1.165) is 20.3 Å². The van der Waals surface area contributed by atoms with Gasteiger partial charge < -0.3 is 10.4 Å². The Morgan fingerprint density at radius 1 is 1.00 bits per heavy atom. The second kappa shape index (κ2) is 9.21. The number of amidine groups is 1. The van der Waals surface area contributed by atoms with E-state index in [1.807, 2.05) is 54.6 Å². The van der Waals surface area contributed by atoms with E-state index < -0.39 is 11.6 Å². The summed E-state index contributed by atoms with van der Waals surface area (Å²) in [6.45, 7) is 0. The van der Waals surface area contributed by atoms with Crippen molar-refractivity contribution in [3.63, 3.8) is 0 Å². The lowest BCUT2D eigenvalue weighted by Gasteiger charge is -2.31. The number of hydrogen-bond donors (Lipinski definition) is 3. The zero-order valence-corrected chi connectivity index (χ0v) is 20.2. The first kappa shape index (κ1) is 22.6. The summed E-state index contributed by atoms with van der Waals surface area (Å²) < 4.78 is 1.07. The highest BCUT2D eigenvalue weighted by atomic mass is 127. The number of rotatable bonds is 6. The zero-order chi connectivity index (χ0) is 23.7. The van der Waals surface area contributed by atoms with Crippen molar-refractivity contribution in [1.82, 2.24) is 10.2 Å². The number of amides is 1. The minimum Gasteiger partial charge on any atom is -0.508 e. The summed E-state index contributed by atoms with van der Waals surface area (Å²) in [6.07, 6.45) is 2.34. The predicted molar refractivity (Wildman–Crippen MR) is 137 cm³/mol. The number of nitrogens with one attached hydrogen (secondary N) is 1. The Bertz CT molecular complexity index is 1260. The van der Waals surface area contributed by atoms with Crippen LogP contribution in [-0.2, 0) is 22.5 Å².